The van der Waals surface area contributed by atoms with Crippen LogP contribution in [0.5, 0.6) is 0 Å². The number of para-hydroxylation sites is 1. The molecule has 0 aliphatic rings. The highest BCUT2D eigenvalue weighted by molar-refractivity contribution is 5.92. The van der Waals surface area contributed by atoms with Crippen LogP contribution in [0.4, 0.5) is 5.69 Å². The molecule has 0 saturated heterocycles. The van der Waals surface area contributed by atoms with Crippen molar-refractivity contribution < 1.29 is 9.59 Å². The molecule has 27 heavy (non-hydrogen) atoms. The number of rotatable bonds is 4. The van der Waals surface area contributed by atoms with Crippen LogP contribution >= 0.6 is 0 Å². The molecule has 3 aromatic rings. The quantitative estimate of drug-likeness (QED) is 0.698. The summed E-state index contributed by atoms with van der Waals surface area (Å²) < 4.78 is 0. The summed E-state index contributed by atoms with van der Waals surface area (Å²) in [6.45, 7) is 1.64. The zero-order valence-electron chi connectivity index (χ0n) is 14.6. The van der Waals surface area contributed by atoms with Gasteiger partial charge in [0.1, 0.15) is 0 Å². The van der Waals surface area contributed by atoms with Gasteiger partial charge in [-0.3, -0.25) is 9.59 Å². The molecule has 2 N–H and O–H groups in total. The third-order valence-corrected chi connectivity index (χ3v) is 3.49. The Morgan fingerprint density at radius 2 is 1.81 bits per heavy atom. The summed E-state index contributed by atoms with van der Waals surface area (Å²) in [5.41, 5.74) is 2.50. The third-order valence-electron chi connectivity index (χ3n) is 3.49. The van der Waals surface area contributed by atoms with Crippen molar-refractivity contribution in [1.29, 1.82) is 0 Å². The maximum Gasteiger partial charge on any atom is 0.274 e. The smallest absolute Gasteiger partial charge is 0.274 e. The maximum atomic E-state index is 12.1. The first-order valence-electron chi connectivity index (χ1n) is 8.24. The molecule has 2 amide bonds. The lowest BCUT2D eigenvalue weighted by molar-refractivity contribution is -0.114. The highest BCUT2D eigenvalue weighted by Gasteiger charge is 2.10. The molecular weight excluding hydrogens is 342 g/mol. The van der Waals surface area contributed by atoms with Gasteiger partial charge in [0.05, 0.1) is 18.4 Å². The highest BCUT2D eigenvalue weighted by atomic mass is 16.2. The number of carbonyl (C=O) groups excluding carboxylic acids is 2. The van der Waals surface area contributed by atoms with E-state index in [9.17, 15) is 9.59 Å². The van der Waals surface area contributed by atoms with Crippen LogP contribution in [0, 0.1) is 11.8 Å². The molecule has 0 aliphatic heterocycles. The Morgan fingerprint density at radius 1 is 1.07 bits per heavy atom. The fourth-order valence-electron chi connectivity index (χ4n) is 2.25. The Bertz CT molecular complexity index is 998. The van der Waals surface area contributed by atoms with Gasteiger partial charge in [0.15, 0.2) is 5.69 Å². The largest absolute Gasteiger partial charge is 0.340 e. The van der Waals surface area contributed by atoms with Gasteiger partial charge in [-0.15, -0.1) is 5.10 Å². The lowest BCUT2D eigenvalue weighted by Gasteiger charge is -2.00. The zero-order valence-corrected chi connectivity index (χ0v) is 14.6. The molecule has 0 radical (unpaired) electrons. The second-order valence-corrected chi connectivity index (χ2v) is 5.60. The van der Waals surface area contributed by atoms with E-state index in [4.69, 9.17) is 0 Å². The van der Waals surface area contributed by atoms with Crippen LogP contribution in [0.2, 0.25) is 0 Å². The fraction of sp³-hybridized carbons (Fsp3) is 0.100. The van der Waals surface area contributed by atoms with E-state index < -0.39 is 0 Å². The minimum atomic E-state index is -0.340. The van der Waals surface area contributed by atoms with Crippen LogP contribution in [0.1, 0.15) is 23.0 Å². The number of nitrogens with zero attached hydrogens (tertiary/aromatic N) is 3. The first-order chi connectivity index (χ1) is 13.1. The summed E-state index contributed by atoms with van der Waals surface area (Å²) in [6.07, 6.45) is 1.41. The molecule has 0 fully saturated rings. The Labute approximate surface area is 156 Å². The Morgan fingerprint density at radius 3 is 2.52 bits per heavy atom. The SMILES string of the molecule is CC(=O)Nc1ccc(C#CCNC(=O)c2cnn(-c3ccccc3)n2)cc1. The van der Waals surface area contributed by atoms with Crippen molar-refractivity contribution in [3.05, 3.63) is 72.1 Å². The van der Waals surface area contributed by atoms with Gasteiger partial charge >= 0.3 is 0 Å². The van der Waals surface area contributed by atoms with Gasteiger partial charge in [0, 0.05) is 18.2 Å². The van der Waals surface area contributed by atoms with Crippen LogP contribution in [0.25, 0.3) is 5.69 Å². The van der Waals surface area contributed by atoms with Gasteiger partial charge in [0.2, 0.25) is 5.91 Å². The number of hydrogen-bond donors (Lipinski definition) is 2. The van der Waals surface area contributed by atoms with Crippen LogP contribution < -0.4 is 10.6 Å². The Kier molecular flexibility index (Phi) is 5.60. The normalized spacial score (nSPS) is 9.81. The van der Waals surface area contributed by atoms with E-state index >= 15 is 0 Å². The van der Waals surface area contributed by atoms with E-state index in [0.717, 1.165) is 11.3 Å². The van der Waals surface area contributed by atoms with Crippen molar-refractivity contribution >= 4 is 17.5 Å². The molecule has 0 bridgehead atoms. The van der Waals surface area contributed by atoms with Crippen LogP contribution in [-0.4, -0.2) is 33.4 Å². The van der Waals surface area contributed by atoms with Crippen molar-refractivity contribution in [3.8, 4) is 17.5 Å². The van der Waals surface area contributed by atoms with Gasteiger partial charge in [0.25, 0.3) is 5.91 Å². The van der Waals surface area contributed by atoms with Crippen LogP contribution in [0.3, 0.4) is 0 Å². The molecule has 3 rings (SSSR count). The van der Waals surface area contributed by atoms with Gasteiger partial charge in [-0.2, -0.15) is 9.90 Å². The van der Waals surface area contributed by atoms with Crippen molar-refractivity contribution in [1.82, 2.24) is 20.3 Å². The molecule has 0 unspecified atom stereocenters. The van der Waals surface area contributed by atoms with Crippen molar-refractivity contribution in [2.75, 3.05) is 11.9 Å². The summed E-state index contributed by atoms with van der Waals surface area (Å²) in [5.74, 6) is 5.36. The molecule has 0 atom stereocenters. The summed E-state index contributed by atoms with van der Waals surface area (Å²) in [4.78, 5) is 24.5. The second-order valence-electron chi connectivity index (χ2n) is 5.60. The number of anilines is 1. The summed E-state index contributed by atoms with van der Waals surface area (Å²) in [5, 5.41) is 13.6. The predicted octanol–water partition coefficient (Wildman–Crippen LogP) is 2.01. The molecule has 2 aromatic carbocycles. The van der Waals surface area contributed by atoms with E-state index in [1.54, 1.807) is 24.3 Å². The average Bonchev–Trinajstić information content (AvgIpc) is 3.17. The lowest BCUT2D eigenvalue weighted by Crippen LogP contribution is -2.24. The third kappa shape index (κ3) is 5.03. The topological polar surface area (TPSA) is 88.9 Å². The molecule has 1 heterocycles. The van der Waals surface area contributed by atoms with Crippen molar-refractivity contribution in [3.63, 3.8) is 0 Å². The number of aromatic nitrogens is 3. The Balaban J connectivity index is 1.54. The molecule has 7 heteroatoms. The minimum absolute atomic E-state index is 0.124. The average molecular weight is 359 g/mol. The van der Waals surface area contributed by atoms with Crippen molar-refractivity contribution in [2.45, 2.75) is 6.92 Å². The van der Waals surface area contributed by atoms with E-state index in [0.29, 0.717) is 5.69 Å². The van der Waals surface area contributed by atoms with Crippen molar-refractivity contribution in [2.24, 2.45) is 0 Å². The second kappa shape index (κ2) is 8.45. The molecule has 0 aliphatic carbocycles. The maximum absolute atomic E-state index is 12.1. The van der Waals surface area contributed by atoms with E-state index in [1.165, 1.54) is 17.9 Å². The van der Waals surface area contributed by atoms with Crippen LogP contribution in [0.15, 0.2) is 60.8 Å². The number of hydrogen-bond acceptors (Lipinski definition) is 4. The molecule has 7 nitrogen and oxygen atoms in total. The number of carbonyl (C=O) groups is 2. The van der Waals surface area contributed by atoms with Gasteiger partial charge in [-0.25, -0.2) is 0 Å². The predicted molar refractivity (Wildman–Crippen MR) is 101 cm³/mol. The monoisotopic (exact) mass is 359 g/mol. The summed E-state index contributed by atoms with van der Waals surface area (Å²) >= 11 is 0. The van der Waals surface area contributed by atoms with Gasteiger partial charge in [-0.05, 0) is 36.4 Å². The number of nitrogens with one attached hydrogen (secondary N) is 2. The molecule has 1 aromatic heterocycles. The van der Waals surface area contributed by atoms with Gasteiger partial charge < -0.3 is 10.6 Å². The number of amides is 2. The number of benzene rings is 2. The standard InChI is InChI=1S/C20H17N5O2/c1-15(26)23-17-11-9-16(10-12-17)6-5-13-21-20(27)19-14-22-25(24-19)18-7-3-2-4-8-18/h2-4,7-12,14H,13H2,1H3,(H,21,27)(H,23,26). The van der Waals surface area contributed by atoms with Crippen LogP contribution in [-0.2, 0) is 4.79 Å². The molecular formula is C20H17N5O2. The molecule has 0 saturated carbocycles. The fourth-order valence-corrected chi connectivity index (χ4v) is 2.25. The van der Waals surface area contributed by atoms with E-state index in [-0.39, 0.29) is 24.1 Å². The van der Waals surface area contributed by atoms with E-state index in [1.807, 2.05) is 30.3 Å². The summed E-state index contributed by atoms with van der Waals surface area (Å²) in [6, 6.07) is 16.5. The zero-order chi connectivity index (χ0) is 19.1. The van der Waals surface area contributed by atoms with E-state index in [2.05, 4.69) is 32.7 Å². The highest BCUT2D eigenvalue weighted by Crippen LogP contribution is 2.08. The Hall–Kier alpha value is -3.92. The van der Waals surface area contributed by atoms with Gasteiger partial charge in [-0.1, -0.05) is 30.0 Å². The first kappa shape index (κ1) is 17.9. The lowest BCUT2D eigenvalue weighted by atomic mass is 10.2. The molecule has 0 spiro atoms. The first-order valence-corrected chi connectivity index (χ1v) is 8.24. The summed E-state index contributed by atoms with van der Waals surface area (Å²) in [7, 11) is 0. The molecule has 134 valence electrons. The minimum Gasteiger partial charge on any atom is -0.340 e.